The average Bonchev–Trinajstić information content (AvgIpc) is 4.12. The number of amides is 4. The van der Waals surface area contributed by atoms with Gasteiger partial charge in [-0.05, 0) is 98.1 Å². The van der Waals surface area contributed by atoms with Gasteiger partial charge in [-0.15, -0.1) is 0 Å². The van der Waals surface area contributed by atoms with Crippen LogP contribution in [0.1, 0.15) is 87.2 Å². The minimum atomic E-state index is -0.894. The maximum absolute atomic E-state index is 13.8. The van der Waals surface area contributed by atoms with Crippen LogP contribution in [0.4, 0.5) is 9.59 Å². The second kappa shape index (κ2) is 16.7. The van der Waals surface area contributed by atoms with E-state index < -0.39 is 30.4 Å². The molecule has 4 N–H and O–H groups in total. The number of H-pyrrole nitrogens is 2. The number of carbonyl (C=O) groups is 4. The lowest BCUT2D eigenvalue weighted by atomic mass is 9.91. The van der Waals surface area contributed by atoms with Crippen molar-refractivity contribution in [2.24, 2.45) is 0 Å². The Morgan fingerprint density at radius 2 is 1.49 bits per heavy atom. The number of rotatable bonds is 11. The monoisotopic (exact) mass is 804 g/mol. The van der Waals surface area contributed by atoms with E-state index in [1.165, 1.54) is 38.0 Å². The molecule has 4 amide bonds. The van der Waals surface area contributed by atoms with Gasteiger partial charge in [0.25, 0.3) is 0 Å². The van der Waals surface area contributed by atoms with Crippen LogP contribution in [0, 0.1) is 0 Å². The third-order valence-electron chi connectivity index (χ3n) is 12.4. The minimum Gasteiger partial charge on any atom is -0.453 e. The first-order valence-corrected chi connectivity index (χ1v) is 20.6. The van der Waals surface area contributed by atoms with E-state index >= 15 is 0 Å². The summed E-state index contributed by atoms with van der Waals surface area (Å²) in [6, 6.07) is 13.1. The Bertz CT molecular complexity index is 2410. The van der Waals surface area contributed by atoms with Gasteiger partial charge in [-0.2, -0.15) is 0 Å². The van der Waals surface area contributed by atoms with Crippen LogP contribution in [-0.2, 0) is 36.6 Å². The molecule has 0 bridgehead atoms. The average molecular weight is 805 g/mol. The molecule has 15 heteroatoms. The highest BCUT2D eigenvalue weighted by Crippen LogP contribution is 2.41. The Labute approximate surface area is 342 Å². The van der Waals surface area contributed by atoms with Gasteiger partial charge in [0.1, 0.15) is 23.7 Å². The minimum absolute atomic E-state index is 0.133. The van der Waals surface area contributed by atoms with Crippen molar-refractivity contribution in [3.05, 3.63) is 71.4 Å². The molecule has 0 saturated carbocycles. The zero-order chi connectivity index (χ0) is 41.4. The van der Waals surface area contributed by atoms with Crippen LogP contribution in [0.15, 0.2) is 48.7 Å². The van der Waals surface area contributed by atoms with Gasteiger partial charge in [-0.25, -0.2) is 19.6 Å². The zero-order valence-corrected chi connectivity index (χ0v) is 34.2. The number of benzene rings is 3. The number of imidazole rings is 2. The molecule has 1 aliphatic carbocycles. The number of aromatic nitrogens is 4. The molecule has 310 valence electrons. The van der Waals surface area contributed by atoms with E-state index in [2.05, 4.69) is 63.1 Å². The molecule has 59 heavy (non-hydrogen) atoms. The van der Waals surface area contributed by atoms with Crippen LogP contribution in [0.25, 0.3) is 44.2 Å². The van der Waals surface area contributed by atoms with E-state index in [0.717, 1.165) is 95.2 Å². The van der Waals surface area contributed by atoms with E-state index in [9.17, 15) is 19.2 Å². The van der Waals surface area contributed by atoms with Crippen LogP contribution < -0.4 is 10.6 Å². The summed E-state index contributed by atoms with van der Waals surface area (Å²) < 4.78 is 15.0. The summed E-state index contributed by atoms with van der Waals surface area (Å²) in [6.45, 7) is 4.77. The number of carbonyl (C=O) groups excluding carboxylic acids is 4. The molecule has 2 aliphatic heterocycles. The highest BCUT2D eigenvalue weighted by atomic mass is 16.5. The van der Waals surface area contributed by atoms with E-state index in [1.54, 1.807) is 11.8 Å². The van der Waals surface area contributed by atoms with Crippen LogP contribution in [0.2, 0.25) is 0 Å². The predicted molar refractivity (Wildman–Crippen MR) is 221 cm³/mol. The van der Waals surface area contributed by atoms with Gasteiger partial charge in [0.15, 0.2) is 0 Å². The quantitative estimate of drug-likeness (QED) is 0.116. The molecule has 5 atom stereocenters. The predicted octanol–water partition coefficient (Wildman–Crippen LogP) is 6.48. The fourth-order valence-corrected chi connectivity index (χ4v) is 9.27. The van der Waals surface area contributed by atoms with Crippen molar-refractivity contribution >= 4 is 45.8 Å². The maximum Gasteiger partial charge on any atom is 0.407 e. The number of nitrogens with one attached hydrogen (secondary N) is 4. The van der Waals surface area contributed by atoms with Gasteiger partial charge in [0.2, 0.25) is 11.8 Å². The molecule has 2 saturated heterocycles. The first kappa shape index (κ1) is 39.8. The van der Waals surface area contributed by atoms with Gasteiger partial charge in [-0.3, -0.25) is 9.59 Å². The van der Waals surface area contributed by atoms with Gasteiger partial charge in [0, 0.05) is 31.1 Å². The number of fused-ring (bicyclic) bond motifs is 4. The molecule has 3 aliphatic rings. The summed E-state index contributed by atoms with van der Waals surface area (Å²) in [6.07, 6.45) is 6.66. The molecule has 2 aromatic heterocycles. The number of aromatic amines is 2. The van der Waals surface area contributed by atoms with Crippen molar-refractivity contribution in [2.45, 2.75) is 95.5 Å². The molecule has 0 radical (unpaired) electrons. The summed E-state index contributed by atoms with van der Waals surface area (Å²) in [7, 11) is 4.07. The molecule has 4 heterocycles. The number of alkyl carbamates (subject to hydrolysis) is 2. The van der Waals surface area contributed by atoms with E-state index in [4.69, 9.17) is 24.2 Å². The van der Waals surface area contributed by atoms with Gasteiger partial charge in [0.05, 0.1) is 55.3 Å². The number of hydrogen-bond donors (Lipinski definition) is 4. The number of ether oxygens (including phenoxy) is 3. The molecule has 15 nitrogen and oxygen atoms in total. The van der Waals surface area contributed by atoms with E-state index in [0.29, 0.717) is 19.5 Å². The molecule has 2 fully saturated rings. The van der Waals surface area contributed by atoms with Crippen molar-refractivity contribution in [1.82, 2.24) is 40.4 Å². The van der Waals surface area contributed by atoms with Crippen LogP contribution in [-0.4, -0.2) is 106 Å². The molecule has 5 unspecified atom stereocenters. The van der Waals surface area contributed by atoms with Crippen molar-refractivity contribution < 1.29 is 33.4 Å². The molecule has 8 rings (SSSR count). The largest absolute Gasteiger partial charge is 0.453 e. The molecular formula is C44H52N8O7. The molecular weight excluding hydrogens is 753 g/mol. The zero-order valence-electron chi connectivity index (χ0n) is 34.2. The van der Waals surface area contributed by atoms with Crippen LogP contribution in [0.3, 0.4) is 0 Å². The number of methoxy groups -OCH3 is 3. The van der Waals surface area contributed by atoms with Crippen LogP contribution >= 0.6 is 0 Å². The smallest absolute Gasteiger partial charge is 0.407 e. The number of likely N-dealkylation sites (tertiary alicyclic amines) is 2. The van der Waals surface area contributed by atoms with Crippen LogP contribution in [0.5, 0.6) is 0 Å². The summed E-state index contributed by atoms with van der Waals surface area (Å²) in [5.74, 6) is 1.10. The number of hydrogen-bond acceptors (Lipinski definition) is 9. The lowest BCUT2D eigenvalue weighted by molar-refractivity contribution is -0.137. The first-order chi connectivity index (χ1) is 28.6. The second-order valence-corrected chi connectivity index (χ2v) is 15.7. The van der Waals surface area contributed by atoms with Crippen molar-refractivity contribution in [3.63, 3.8) is 0 Å². The topological polar surface area (TPSA) is 184 Å². The third-order valence-corrected chi connectivity index (χ3v) is 12.4. The number of nitrogens with zero attached hydrogens (tertiary/aromatic N) is 4. The van der Waals surface area contributed by atoms with E-state index in [1.807, 2.05) is 18.0 Å². The summed E-state index contributed by atoms with van der Waals surface area (Å²) in [4.78, 5) is 71.9. The summed E-state index contributed by atoms with van der Waals surface area (Å²) >= 11 is 0. The normalized spacial score (nSPS) is 19.1. The maximum atomic E-state index is 13.8. The van der Waals surface area contributed by atoms with Crippen molar-refractivity contribution in [2.75, 3.05) is 34.4 Å². The van der Waals surface area contributed by atoms with Crippen molar-refractivity contribution in [3.8, 4) is 22.4 Å². The lowest BCUT2D eigenvalue weighted by Gasteiger charge is -2.30. The van der Waals surface area contributed by atoms with Gasteiger partial charge >= 0.3 is 12.2 Å². The first-order valence-electron chi connectivity index (χ1n) is 20.6. The molecule has 3 aromatic carbocycles. The summed E-state index contributed by atoms with van der Waals surface area (Å²) in [5.41, 5.74) is 8.80. The van der Waals surface area contributed by atoms with E-state index in [-0.39, 0.29) is 23.9 Å². The Morgan fingerprint density at radius 3 is 2.20 bits per heavy atom. The Balaban J connectivity index is 1.04. The summed E-state index contributed by atoms with van der Waals surface area (Å²) in [5, 5.41) is 7.44. The Kier molecular flexibility index (Phi) is 11.3. The highest BCUT2D eigenvalue weighted by Gasteiger charge is 2.39. The molecule has 0 spiro atoms. The van der Waals surface area contributed by atoms with Gasteiger partial charge in [-0.1, -0.05) is 37.3 Å². The SMILES string of the molecule is CCC(NC(=O)OC)C(=O)N1CCCC1c1nc2c(ccc3cc(-c4ccc(-c5cnc(C6CCCN6C(=O)C(NC(=O)OC)C(C)OC)[nH]5)c5c4CCC5)ccc32)[nH]1. The molecule has 5 aromatic rings. The Morgan fingerprint density at radius 1 is 0.814 bits per heavy atom. The Hall–Kier alpha value is -5.96. The van der Waals surface area contributed by atoms with Gasteiger partial charge < -0.3 is 44.6 Å². The standard InChI is InChI=1S/C44H52N8O7/c1-6-32(48-43(55)58-4)41(53)51-20-9-13-36(51)40-46-33-19-15-26-22-25(14-16-28(26)38(33)49-40)27-17-18-31(30-11-7-10-29(27)30)34-23-45-39(47-34)35-12-8-21-52(35)42(54)37(24(2)57-3)50-44(56)59-5/h14-19,22-24,32,35-37H,6-13,20-21H2,1-5H3,(H,45,47)(H,46,49)(H,48,55)(H,50,56). The lowest BCUT2D eigenvalue weighted by Crippen LogP contribution is -2.54. The van der Waals surface area contributed by atoms with Crippen molar-refractivity contribution in [1.29, 1.82) is 0 Å². The fourth-order valence-electron chi connectivity index (χ4n) is 9.27. The highest BCUT2D eigenvalue weighted by molar-refractivity contribution is 6.05. The second-order valence-electron chi connectivity index (χ2n) is 15.7. The third kappa shape index (κ3) is 7.47. The fraction of sp³-hybridized carbons (Fsp3) is 0.455.